The summed E-state index contributed by atoms with van der Waals surface area (Å²) in [6.07, 6.45) is 2.97. The fourth-order valence-corrected chi connectivity index (χ4v) is 2.53. The van der Waals surface area contributed by atoms with Crippen LogP contribution >= 0.6 is 12.4 Å². The zero-order valence-corrected chi connectivity index (χ0v) is 13.5. The Morgan fingerprint density at radius 1 is 1.29 bits per heavy atom. The second-order valence-electron chi connectivity index (χ2n) is 5.74. The minimum absolute atomic E-state index is 0. The number of carbonyl (C=O) groups is 1. The maximum Gasteiger partial charge on any atom is 0.225 e. The van der Waals surface area contributed by atoms with Gasteiger partial charge in [-0.25, -0.2) is 0 Å². The molecule has 3 N–H and O–H groups in total. The number of likely N-dealkylation sites (tertiary alicyclic amines) is 1. The van der Waals surface area contributed by atoms with E-state index in [0.717, 1.165) is 18.2 Å². The van der Waals surface area contributed by atoms with Crippen molar-refractivity contribution in [3.05, 3.63) is 29.8 Å². The molecule has 2 rings (SSSR count). The van der Waals surface area contributed by atoms with E-state index >= 15 is 0 Å². The van der Waals surface area contributed by atoms with Crippen molar-refractivity contribution < 1.29 is 4.79 Å². The van der Waals surface area contributed by atoms with E-state index in [1.54, 1.807) is 0 Å². The van der Waals surface area contributed by atoms with Crippen LogP contribution in [0, 0.1) is 5.92 Å². The largest absolute Gasteiger partial charge is 0.330 e. The Labute approximate surface area is 133 Å². The molecule has 1 aromatic carbocycles. The van der Waals surface area contributed by atoms with Crippen LogP contribution in [0.25, 0.3) is 0 Å². The number of halogens is 1. The van der Waals surface area contributed by atoms with Crippen molar-refractivity contribution in [1.29, 1.82) is 0 Å². The zero-order valence-electron chi connectivity index (χ0n) is 12.7. The normalized spacial score (nSPS) is 16.3. The van der Waals surface area contributed by atoms with Crippen molar-refractivity contribution in [1.82, 2.24) is 4.90 Å². The second kappa shape index (κ2) is 9.03. The first-order valence-corrected chi connectivity index (χ1v) is 7.48. The molecule has 1 heterocycles. The minimum atomic E-state index is -0.0229. The lowest BCUT2D eigenvalue weighted by atomic mass is 9.99. The highest BCUT2D eigenvalue weighted by molar-refractivity contribution is 5.90. The number of nitrogens with one attached hydrogen (secondary N) is 1. The van der Waals surface area contributed by atoms with Gasteiger partial charge < -0.3 is 11.1 Å². The summed E-state index contributed by atoms with van der Waals surface area (Å²) >= 11 is 0. The number of nitrogens with zero attached hydrogens (tertiary/aromatic N) is 1. The zero-order chi connectivity index (χ0) is 14.4. The van der Waals surface area contributed by atoms with Crippen molar-refractivity contribution in [2.75, 3.05) is 25.0 Å². The number of piperidine rings is 1. The third kappa shape index (κ3) is 6.04. The number of carbonyl (C=O) groups excluding carboxylic acids is 1. The summed E-state index contributed by atoms with van der Waals surface area (Å²) in [5, 5.41) is 2.85. The summed E-state index contributed by atoms with van der Waals surface area (Å²) < 4.78 is 0. The standard InChI is InChI=1S/C16H25N3O.ClH/c1-13-7-10-19(11-8-13)12-14-2-4-15(5-3-14)18-16(20)6-9-17;/h2-5,13H,6-12,17H2,1H3,(H,18,20);1H. The van der Waals surface area contributed by atoms with Crippen molar-refractivity contribution in [2.24, 2.45) is 11.7 Å². The van der Waals surface area contributed by atoms with E-state index in [1.807, 2.05) is 12.1 Å². The van der Waals surface area contributed by atoms with Crippen LogP contribution in [0.5, 0.6) is 0 Å². The van der Waals surface area contributed by atoms with Crippen LogP contribution in [-0.2, 0) is 11.3 Å². The molecule has 1 aliphatic rings. The molecular weight excluding hydrogens is 286 g/mol. The highest BCUT2D eigenvalue weighted by Crippen LogP contribution is 2.19. The fraction of sp³-hybridized carbons (Fsp3) is 0.562. The number of anilines is 1. The van der Waals surface area contributed by atoms with E-state index in [-0.39, 0.29) is 18.3 Å². The van der Waals surface area contributed by atoms with Gasteiger partial charge in [0.15, 0.2) is 0 Å². The molecule has 118 valence electrons. The van der Waals surface area contributed by atoms with Gasteiger partial charge in [-0.3, -0.25) is 9.69 Å². The number of rotatable bonds is 5. The van der Waals surface area contributed by atoms with Crippen LogP contribution < -0.4 is 11.1 Å². The van der Waals surface area contributed by atoms with Crippen molar-refractivity contribution in [3.8, 4) is 0 Å². The Morgan fingerprint density at radius 2 is 1.90 bits per heavy atom. The molecule has 0 unspecified atom stereocenters. The van der Waals surface area contributed by atoms with E-state index in [9.17, 15) is 4.79 Å². The first-order valence-electron chi connectivity index (χ1n) is 7.48. The predicted molar refractivity (Wildman–Crippen MR) is 89.7 cm³/mol. The highest BCUT2D eigenvalue weighted by atomic mass is 35.5. The van der Waals surface area contributed by atoms with E-state index in [0.29, 0.717) is 13.0 Å². The Kier molecular flexibility index (Phi) is 7.72. The molecule has 0 radical (unpaired) electrons. The van der Waals surface area contributed by atoms with Gasteiger partial charge in [-0.1, -0.05) is 19.1 Å². The Hall–Kier alpha value is -1.10. The maximum absolute atomic E-state index is 11.4. The molecule has 0 aromatic heterocycles. The van der Waals surface area contributed by atoms with Gasteiger partial charge in [0.1, 0.15) is 0 Å². The molecule has 1 amide bonds. The molecule has 5 heteroatoms. The third-order valence-corrected chi connectivity index (χ3v) is 3.89. The fourth-order valence-electron chi connectivity index (χ4n) is 2.53. The van der Waals surface area contributed by atoms with E-state index in [2.05, 4.69) is 29.3 Å². The molecule has 21 heavy (non-hydrogen) atoms. The van der Waals surface area contributed by atoms with Crippen LogP contribution in [0.2, 0.25) is 0 Å². The van der Waals surface area contributed by atoms with E-state index in [4.69, 9.17) is 5.73 Å². The van der Waals surface area contributed by atoms with Gasteiger partial charge in [-0.2, -0.15) is 0 Å². The molecule has 0 bridgehead atoms. The average Bonchev–Trinajstić information content (AvgIpc) is 2.44. The van der Waals surface area contributed by atoms with Gasteiger partial charge >= 0.3 is 0 Å². The lowest BCUT2D eigenvalue weighted by molar-refractivity contribution is -0.116. The van der Waals surface area contributed by atoms with Gasteiger partial charge in [-0.05, 0) is 49.5 Å². The van der Waals surface area contributed by atoms with Gasteiger partial charge in [0.25, 0.3) is 0 Å². The number of hydrogen-bond acceptors (Lipinski definition) is 3. The lowest BCUT2D eigenvalue weighted by Gasteiger charge is -2.30. The Bertz CT molecular complexity index is 428. The van der Waals surface area contributed by atoms with E-state index < -0.39 is 0 Å². The monoisotopic (exact) mass is 311 g/mol. The second-order valence-corrected chi connectivity index (χ2v) is 5.74. The molecule has 0 aliphatic carbocycles. The molecular formula is C16H26ClN3O. The number of amides is 1. The first kappa shape index (κ1) is 18.0. The summed E-state index contributed by atoms with van der Waals surface area (Å²) in [6, 6.07) is 8.12. The number of hydrogen-bond donors (Lipinski definition) is 2. The summed E-state index contributed by atoms with van der Waals surface area (Å²) in [7, 11) is 0. The van der Waals surface area contributed by atoms with Gasteiger partial charge in [0.2, 0.25) is 5.91 Å². The Morgan fingerprint density at radius 3 is 2.48 bits per heavy atom. The van der Waals surface area contributed by atoms with Crippen LogP contribution in [0.15, 0.2) is 24.3 Å². The van der Waals surface area contributed by atoms with Crippen molar-refractivity contribution >= 4 is 24.0 Å². The van der Waals surface area contributed by atoms with Crippen LogP contribution in [-0.4, -0.2) is 30.4 Å². The molecule has 0 saturated carbocycles. The number of benzene rings is 1. The topological polar surface area (TPSA) is 58.4 Å². The Balaban J connectivity index is 0.00000220. The first-order chi connectivity index (χ1) is 9.67. The maximum atomic E-state index is 11.4. The minimum Gasteiger partial charge on any atom is -0.330 e. The lowest BCUT2D eigenvalue weighted by Crippen LogP contribution is -2.32. The summed E-state index contributed by atoms with van der Waals surface area (Å²) in [6.45, 7) is 6.10. The quantitative estimate of drug-likeness (QED) is 0.879. The molecule has 0 atom stereocenters. The molecule has 1 aliphatic heterocycles. The highest BCUT2D eigenvalue weighted by Gasteiger charge is 2.15. The van der Waals surface area contributed by atoms with E-state index in [1.165, 1.54) is 31.5 Å². The molecule has 4 nitrogen and oxygen atoms in total. The predicted octanol–water partition coefficient (Wildman–Crippen LogP) is 2.63. The molecule has 1 fully saturated rings. The van der Waals surface area contributed by atoms with Crippen LogP contribution in [0.1, 0.15) is 31.7 Å². The smallest absolute Gasteiger partial charge is 0.225 e. The van der Waals surface area contributed by atoms with Crippen LogP contribution in [0.3, 0.4) is 0 Å². The average molecular weight is 312 g/mol. The summed E-state index contributed by atoms with van der Waals surface area (Å²) in [5.41, 5.74) is 7.50. The summed E-state index contributed by atoms with van der Waals surface area (Å²) in [5.74, 6) is 0.844. The van der Waals surface area contributed by atoms with Gasteiger partial charge in [0.05, 0.1) is 0 Å². The molecule has 1 saturated heterocycles. The van der Waals surface area contributed by atoms with Crippen LogP contribution in [0.4, 0.5) is 5.69 Å². The number of nitrogens with two attached hydrogens (primary N) is 1. The summed E-state index contributed by atoms with van der Waals surface area (Å²) in [4.78, 5) is 13.9. The molecule has 1 aromatic rings. The molecule has 0 spiro atoms. The third-order valence-electron chi connectivity index (χ3n) is 3.89. The van der Waals surface area contributed by atoms with Gasteiger partial charge in [0, 0.05) is 25.2 Å². The van der Waals surface area contributed by atoms with Crippen molar-refractivity contribution in [2.45, 2.75) is 32.7 Å². The van der Waals surface area contributed by atoms with Gasteiger partial charge in [-0.15, -0.1) is 12.4 Å². The van der Waals surface area contributed by atoms with Crippen molar-refractivity contribution in [3.63, 3.8) is 0 Å². The SMILES string of the molecule is CC1CCN(Cc2ccc(NC(=O)CCN)cc2)CC1.Cl.